The number of nitrogens with zero attached hydrogens (tertiary/aromatic N) is 2. The number of rotatable bonds is 7. The Morgan fingerprint density at radius 1 is 1.15 bits per heavy atom. The monoisotopic (exact) mass is 369 g/mol. The maximum Gasteiger partial charge on any atom is 0.256 e. The minimum Gasteiger partial charge on any atom is -0.497 e. The summed E-state index contributed by atoms with van der Waals surface area (Å²) in [6.07, 6.45) is 3.79. The number of likely N-dealkylation sites (tertiary alicyclic amines) is 1. The van der Waals surface area contributed by atoms with Crippen LogP contribution < -0.4 is 14.8 Å². The van der Waals surface area contributed by atoms with Crippen LogP contribution in [0.15, 0.2) is 42.6 Å². The van der Waals surface area contributed by atoms with Crippen molar-refractivity contribution in [3.05, 3.63) is 53.7 Å². The molecule has 1 aromatic heterocycles. The van der Waals surface area contributed by atoms with Crippen LogP contribution in [0, 0.1) is 5.92 Å². The minimum absolute atomic E-state index is 0.124. The molecule has 0 spiro atoms. The summed E-state index contributed by atoms with van der Waals surface area (Å²) in [7, 11) is 3.21. The molecule has 27 heavy (non-hydrogen) atoms. The van der Waals surface area contributed by atoms with Crippen LogP contribution in [0.1, 0.15) is 28.8 Å². The molecule has 0 saturated carbocycles. The molecule has 2 aromatic rings. The van der Waals surface area contributed by atoms with E-state index in [4.69, 9.17) is 9.47 Å². The fourth-order valence-electron chi connectivity index (χ4n) is 3.40. The Balaban J connectivity index is 1.43. The molecule has 1 aliphatic rings. The molecule has 1 saturated heterocycles. The summed E-state index contributed by atoms with van der Waals surface area (Å²) in [6, 6.07) is 11.7. The van der Waals surface area contributed by atoms with Gasteiger partial charge < -0.3 is 14.8 Å². The quantitative estimate of drug-likeness (QED) is 0.813. The first kappa shape index (κ1) is 19.2. The van der Waals surface area contributed by atoms with Gasteiger partial charge >= 0.3 is 0 Å². The van der Waals surface area contributed by atoms with Gasteiger partial charge in [-0.3, -0.25) is 9.69 Å². The Morgan fingerprint density at radius 2 is 1.89 bits per heavy atom. The molecular weight excluding hydrogens is 342 g/mol. The lowest BCUT2D eigenvalue weighted by Gasteiger charge is -2.32. The van der Waals surface area contributed by atoms with Crippen LogP contribution in [0.4, 0.5) is 0 Å². The SMILES string of the molecule is COc1ccc(CN2CCC(CNC(=O)c3cccnc3OC)CC2)cc1. The first-order valence-corrected chi connectivity index (χ1v) is 9.32. The minimum atomic E-state index is -0.124. The van der Waals surface area contributed by atoms with Crippen molar-refractivity contribution in [2.24, 2.45) is 5.92 Å². The van der Waals surface area contributed by atoms with Gasteiger partial charge in [-0.25, -0.2) is 4.98 Å². The van der Waals surface area contributed by atoms with Gasteiger partial charge in [-0.05, 0) is 61.7 Å². The van der Waals surface area contributed by atoms with Gasteiger partial charge in [0.15, 0.2) is 0 Å². The number of hydrogen-bond acceptors (Lipinski definition) is 5. The summed E-state index contributed by atoms with van der Waals surface area (Å²) in [5, 5.41) is 3.03. The number of nitrogens with one attached hydrogen (secondary N) is 1. The van der Waals surface area contributed by atoms with E-state index in [-0.39, 0.29) is 5.91 Å². The molecule has 1 aliphatic heterocycles. The summed E-state index contributed by atoms with van der Waals surface area (Å²) in [4.78, 5) is 18.9. The van der Waals surface area contributed by atoms with Crippen LogP contribution in [-0.4, -0.2) is 49.6 Å². The van der Waals surface area contributed by atoms with Gasteiger partial charge in [0.1, 0.15) is 11.3 Å². The van der Waals surface area contributed by atoms with Gasteiger partial charge in [-0.15, -0.1) is 0 Å². The molecule has 2 heterocycles. The number of piperidine rings is 1. The molecule has 6 nitrogen and oxygen atoms in total. The van der Waals surface area contributed by atoms with E-state index in [9.17, 15) is 4.79 Å². The summed E-state index contributed by atoms with van der Waals surface area (Å²) >= 11 is 0. The molecule has 6 heteroatoms. The summed E-state index contributed by atoms with van der Waals surface area (Å²) < 4.78 is 10.4. The number of ether oxygens (including phenoxy) is 2. The van der Waals surface area contributed by atoms with Crippen molar-refractivity contribution < 1.29 is 14.3 Å². The Labute approximate surface area is 160 Å². The second-order valence-corrected chi connectivity index (χ2v) is 6.84. The lowest BCUT2D eigenvalue weighted by molar-refractivity contribution is 0.0931. The molecule has 1 amide bonds. The zero-order chi connectivity index (χ0) is 19.1. The average molecular weight is 369 g/mol. The highest BCUT2D eigenvalue weighted by atomic mass is 16.5. The molecule has 144 valence electrons. The number of methoxy groups -OCH3 is 2. The third-order valence-corrected chi connectivity index (χ3v) is 5.03. The lowest BCUT2D eigenvalue weighted by atomic mass is 9.96. The number of pyridine rings is 1. The molecular formula is C21H27N3O3. The molecule has 0 aliphatic carbocycles. The zero-order valence-electron chi connectivity index (χ0n) is 16.0. The van der Waals surface area contributed by atoms with Crippen LogP contribution in [0.3, 0.4) is 0 Å². The Hall–Kier alpha value is -2.60. The number of amides is 1. The highest BCUT2D eigenvalue weighted by Gasteiger charge is 2.21. The molecule has 0 unspecified atom stereocenters. The predicted molar refractivity (Wildman–Crippen MR) is 104 cm³/mol. The van der Waals surface area contributed by atoms with Crippen molar-refractivity contribution in [2.75, 3.05) is 33.9 Å². The van der Waals surface area contributed by atoms with Crippen LogP contribution >= 0.6 is 0 Å². The van der Waals surface area contributed by atoms with Crippen molar-refractivity contribution in [2.45, 2.75) is 19.4 Å². The molecule has 1 fully saturated rings. The molecule has 3 rings (SSSR count). The summed E-state index contributed by atoms with van der Waals surface area (Å²) in [5.41, 5.74) is 1.78. The fourth-order valence-corrected chi connectivity index (χ4v) is 3.40. The highest BCUT2D eigenvalue weighted by molar-refractivity contribution is 5.96. The normalized spacial score (nSPS) is 15.3. The maximum absolute atomic E-state index is 12.4. The summed E-state index contributed by atoms with van der Waals surface area (Å²) in [6.45, 7) is 3.73. The average Bonchev–Trinajstić information content (AvgIpc) is 2.73. The third kappa shape index (κ3) is 5.20. The second-order valence-electron chi connectivity index (χ2n) is 6.84. The first-order valence-electron chi connectivity index (χ1n) is 9.32. The van der Waals surface area contributed by atoms with Crippen LogP contribution in [0.25, 0.3) is 0 Å². The van der Waals surface area contributed by atoms with Crippen molar-refractivity contribution in [3.8, 4) is 11.6 Å². The Bertz CT molecular complexity index is 741. The van der Waals surface area contributed by atoms with E-state index >= 15 is 0 Å². The molecule has 0 radical (unpaired) electrons. The maximum atomic E-state index is 12.4. The topological polar surface area (TPSA) is 63.7 Å². The number of aromatic nitrogens is 1. The van der Waals surface area contributed by atoms with E-state index in [2.05, 4.69) is 27.3 Å². The number of hydrogen-bond donors (Lipinski definition) is 1. The fraction of sp³-hybridized carbons (Fsp3) is 0.429. The van der Waals surface area contributed by atoms with Crippen molar-refractivity contribution in [3.63, 3.8) is 0 Å². The van der Waals surface area contributed by atoms with E-state index in [1.54, 1.807) is 25.4 Å². The van der Waals surface area contributed by atoms with Gasteiger partial charge in [0, 0.05) is 19.3 Å². The lowest BCUT2D eigenvalue weighted by Crippen LogP contribution is -2.38. The smallest absolute Gasteiger partial charge is 0.256 e. The van der Waals surface area contributed by atoms with Gasteiger partial charge in [0.05, 0.1) is 14.2 Å². The Kier molecular flexibility index (Phi) is 6.65. The molecule has 1 aromatic carbocycles. The van der Waals surface area contributed by atoms with Crippen LogP contribution in [-0.2, 0) is 6.54 Å². The van der Waals surface area contributed by atoms with Gasteiger partial charge in [-0.1, -0.05) is 12.1 Å². The molecule has 0 atom stereocenters. The highest BCUT2D eigenvalue weighted by Crippen LogP contribution is 2.20. The Morgan fingerprint density at radius 3 is 2.56 bits per heavy atom. The van der Waals surface area contributed by atoms with Crippen molar-refractivity contribution in [1.82, 2.24) is 15.2 Å². The van der Waals surface area contributed by atoms with E-state index < -0.39 is 0 Å². The first-order chi connectivity index (χ1) is 13.2. The summed E-state index contributed by atoms with van der Waals surface area (Å²) in [5.74, 6) is 1.63. The largest absolute Gasteiger partial charge is 0.497 e. The second kappa shape index (κ2) is 9.37. The van der Waals surface area contributed by atoms with Gasteiger partial charge in [0.2, 0.25) is 5.88 Å². The predicted octanol–water partition coefficient (Wildman–Crippen LogP) is 2.74. The van der Waals surface area contributed by atoms with Gasteiger partial charge in [-0.2, -0.15) is 0 Å². The number of benzene rings is 1. The van der Waals surface area contributed by atoms with E-state index in [1.807, 2.05) is 12.1 Å². The standard InChI is InChI=1S/C21H27N3O3/c1-26-18-7-5-17(6-8-18)15-24-12-9-16(10-13-24)14-23-20(25)19-4-3-11-22-21(19)27-2/h3-8,11,16H,9-10,12-15H2,1-2H3,(H,23,25). The number of carbonyl (C=O) groups excluding carboxylic acids is 1. The number of carbonyl (C=O) groups is 1. The molecule has 0 bridgehead atoms. The third-order valence-electron chi connectivity index (χ3n) is 5.03. The zero-order valence-corrected chi connectivity index (χ0v) is 16.0. The van der Waals surface area contributed by atoms with Crippen LogP contribution in [0.5, 0.6) is 11.6 Å². The van der Waals surface area contributed by atoms with Crippen molar-refractivity contribution in [1.29, 1.82) is 0 Å². The van der Waals surface area contributed by atoms with Gasteiger partial charge in [0.25, 0.3) is 5.91 Å². The van der Waals surface area contributed by atoms with Crippen molar-refractivity contribution >= 4 is 5.91 Å². The van der Waals surface area contributed by atoms with Crippen LogP contribution in [0.2, 0.25) is 0 Å². The van der Waals surface area contributed by atoms with E-state index in [0.717, 1.165) is 38.2 Å². The van der Waals surface area contributed by atoms with E-state index in [0.29, 0.717) is 23.9 Å². The molecule has 1 N–H and O–H groups in total. The van der Waals surface area contributed by atoms with E-state index in [1.165, 1.54) is 12.7 Å².